The van der Waals surface area contributed by atoms with Crippen molar-refractivity contribution in [2.24, 2.45) is 0 Å². The molecule has 7 rings (SSSR count). The SMILES string of the molecule is Cc1ccncn1.Cc1ccnnn1.Cc1cnccn1.Cc1cncnn1.Cc1cnncn1.Cc1cnnnn1.Cc1ncccn1. The molecule has 7 aromatic heterocycles. The zero-order chi connectivity index (χ0) is 35.8. The third-order valence-electron chi connectivity index (χ3n) is 4.51. The maximum atomic E-state index is 3.92. The summed E-state index contributed by atoms with van der Waals surface area (Å²) in [5, 5.41) is 38.3. The minimum atomic E-state index is 0.787. The van der Waals surface area contributed by atoms with Crippen LogP contribution in [0.1, 0.15) is 40.0 Å². The van der Waals surface area contributed by atoms with Crippen LogP contribution in [-0.2, 0) is 0 Å². The lowest BCUT2D eigenvalue weighted by Gasteiger charge is -1.81. The van der Waals surface area contributed by atoms with Crippen molar-refractivity contribution in [1.82, 2.24) is 96.3 Å². The van der Waals surface area contributed by atoms with Crippen molar-refractivity contribution < 1.29 is 0 Å². The van der Waals surface area contributed by atoms with Crippen LogP contribution in [0, 0.1) is 48.5 Å². The Balaban J connectivity index is 0.000000286. The fourth-order valence-electron chi connectivity index (χ4n) is 2.26. The van der Waals surface area contributed by atoms with Gasteiger partial charge in [0.1, 0.15) is 24.8 Å². The third-order valence-corrected chi connectivity index (χ3v) is 4.51. The summed E-state index contributed by atoms with van der Waals surface area (Å²) >= 11 is 0. The molecule has 0 radical (unpaired) electrons. The Kier molecular flexibility index (Phi) is 22.6. The van der Waals surface area contributed by atoms with Crippen molar-refractivity contribution in [3.8, 4) is 0 Å². The number of hydrogen-bond donors (Lipinski definition) is 0. The molecule has 0 aliphatic rings. The molecule has 0 spiro atoms. The van der Waals surface area contributed by atoms with Crippen molar-refractivity contribution in [3.63, 3.8) is 0 Å². The normalized spacial score (nSPS) is 8.71. The molecule has 0 aromatic carbocycles. The maximum absolute atomic E-state index is 3.92. The molecule has 0 bridgehead atoms. The molecule has 0 aliphatic heterocycles. The Hall–Kier alpha value is -6.79. The summed E-state index contributed by atoms with van der Waals surface area (Å²) in [5.74, 6) is 0.822. The summed E-state index contributed by atoms with van der Waals surface area (Å²) in [6.07, 6.45) is 21.0. The summed E-state index contributed by atoms with van der Waals surface area (Å²) in [4.78, 5) is 30.6. The van der Waals surface area contributed by atoms with Crippen molar-refractivity contribution in [2.45, 2.75) is 48.5 Å². The summed E-state index contributed by atoms with van der Waals surface area (Å²) in [7, 11) is 0. The van der Waals surface area contributed by atoms with Gasteiger partial charge in [0.25, 0.3) is 0 Å². The molecular weight excluding hydrogens is 626 g/mol. The van der Waals surface area contributed by atoms with Crippen molar-refractivity contribution >= 4 is 0 Å². The van der Waals surface area contributed by atoms with Gasteiger partial charge in [-0.3, -0.25) is 9.97 Å². The van der Waals surface area contributed by atoms with Gasteiger partial charge in [-0.05, 0) is 82.3 Å². The Morgan fingerprint density at radius 3 is 1.31 bits per heavy atom. The first kappa shape index (κ1) is 40.2. The molecule has 0 atom stereocenters. The second-order valence-electron chi connectivity index (χ2n) is 8.92. The molecule has 7 aromatic rings. The van der Waals surface area contributed by atoms with Crippen LogP contribution >= 0.6 is 0 Å². The minimum absolute atomic E-state index is 0.787. The maximum Gasteiger partial charge on any atom is 0.138 e. The summed E-state index contributed by atoms with van der Waals surface area (Å²) in [5.41, 5.74) is 5.40. The van der Waals surface area contributed by atoms with Gasteiger partial charge in [0.05, 0.1) is 53.3 Å². The first-order valence-electron chi connectivity index (χ1n) is 14.2. The fraction of sp³-hybridized carbons (Fsp3) is 0.233. The number of aryl methyl sites for hydroxylation is 7. The van der Waals surface area contributed by atoms with Crippen molar-refractivity contribution in [2.75, 3.05) is 0 Å². The summed E-state index contributed by atoms with van der Waals surface area (Å²) in [6, 6.07) is 5.46. The molecule has 0 unspecified atom stereocenters. The van der Waals surface area contributed by atoms with Gasteiger partial charge in [-0.2, -0.15) is 10.2 Å². The van der Waals surface area contributed by atoms with E-state index >= 15 is 0 Å². The average Bonchev–Trinajstić information content (AvgIpc) is 3.12. The smallest absolute Gasteiger partial charge is 0.138 e. The highest BCUT2D eigenvalue weighted by Crippen LogP contribution is 1.83. The van der Waals surface area contributed by atoms with E-state index in [1.807, 2.05) is 54.5 Å². The first-order chi connectivity index (χ1) is 23.8. The predicted molar refractivity (Wildman–Crippen MR) is 176 cm³/mol. The van der Waals surface area contributed by atoms with Gasteiger partial charge in [-0.15, -0.1) is 30.6 Å². The number of hydrogen-bond acceptors (Lipinski definition) is 19. The standard InChI is InChI=1S/3C5H6N2.3C4H5N3.C3H4N4/c1-5-4-6-2-3-7-5;1-5-2-3-6-4-7-5;1-5-6-3-2-4-7-5;1-4-2-6-7-3-5-4;1-4-2-5-3-6-7-4;1-4-2-3-5-7-6-4;1-3-2-4-6-7-5-3/h3*2-4H,1H3;3*2-3H,1H3;2H,1H3. The Morgan fingerprint density at radius 1 is 0.347 bits per heavy atom. The van der Waals surface area contributed by atoms with E-state index < -0.39 is 0 Å². The molecule has 0 N–H and O–H groups in total. The molecule has 0 aliphatic carbocycles. The van der Waals surface area contributed by atoms with Crippen LogP contribution in [0.4, 0.5) is 0 Å². The number of rotatable bonds is 0. The largest absolute Gasteiger partial charge is 0.261 e. The lowest BCUT2D eigenvalue weighted by molar-refractivity contribution is 0.742. The first-order valence-corrected chi connectivity index (χ1v) is 14.2. The van der Waals surface area contributed by atoms with E-state index in [0.717, 1.165) is 40.0 Å². The van der Waals surface area contributed by atoms with Gasteiger partial charge in [0.2, 0.25) is 0 Å². The van der Waals surface area contributed by atoms with Gasteiger partial charge in [0.15, 0.2) is 0 Å². The Bertz CT molecular complexity index is 1330. The molecule has 0 fully saturated rings. The van der Waals surface area contributed by atoms with Crippen LogP contribution in [0.3, 0.4) is 0 Å². The van der Waals surface area contributed by atoms with E-state index in [1.165, 1.54) is 19.0 Å². The molecule has 252 valence electrons. The minimum Gasteiger partial charge on any atom is -0.261 e. The highest BCUT2D eigenvalue weighted by molar-refractivity contribution is 4.93. The van der Waals surface area contributed by atoms with Gasteiger partial charge < -0.3 is 0 Å². The van der Waals surface area contributed by atoms with Crippen molar-refractivity contribution in [3.05, 3.63) is 139 Å². The second-order valence-corrected chi connectivity index (χ2v) is 8.92. The third kappa shape index (κ3) is 26.2. The number of nitrogens with zero attached hydrogens (tertiary/aromatic N) is 19. The predicted octanol–water partition coefficient (Wildman–Crippen LogP) is 2.47. The van der Waals surface area contributed by atoms with Crippen LogP contribution in [-0.4, -0.2) is 96.3 Å². The van der Waals surface area contributed by atoms with E-state index in [9.17, 15) is 0 Å². The van der Waals surface area contributed by atoms with Gasteiger partial charge in [-0.25, -0.2) is 29.9 Å². The second kappa shape index (κ2) is 27.5. The highest BCUT2D eigenvalue weighted by Gasteiger charge is 1.79. The molecular formula is C30H37N19. The average molecular weight is 664 g/mol. The fourth-order valence-corrected chi connectivity index (χ4v) is 2.26. The molecule has 49 heavy (non-hydrogen) atoms. The number of aromatic nitrogens is 19. The lowest BCUT2D eigenvalue weighted by atomic mass is 10.5. The topological polar surface area (TPSA) is 245 Å². The van der Waals surface area contributed by atoms with Crippen LogP contribution in [0.25, 0.3) is 0 Å². The Labute approximate surface area is 283 Å². The van der Waals surface area contributed by atoms with E-state index in [-0.39, 0.29) is 0 Å². The molecule has 0 amide bonds. The molecule has 0 saturated carbocycles. The van der Waals surface area contributed by atoms with Gasteiger partial charge >= 0.3 is 0 Å². The van der Waals surface area contributed by atoms with E-state index in [2.05, 4.69) is 96.3 Å². The van der Waals surface area contributed by atoms with Crippen LogP contribution < -0.4 is 0 Å². The van der Waals surface area contributed by atoms with Crippen LogP contribution in [0.2, 0.25) is 0 Å². The van der Waals surface area contributed by atoms with Crippen LogP contribution in [0.5, 0.6) is 0 Å². The lowest BCUT2D eigenvalue weighted by Crippen LogP contribution is -1.90. The van der Waals surface area contributed by atoms with Crippen molar-refractivity contribution in [1.29, 1.82) is 0 Å². The molecule has 0 saturated heterocycles. The molecule has 7 heterocycles. The zero-order valence-corrected chi connectivity index (χ0v) is 28.2. The van der Waals surface area contributed by atoms with Gasteiger partial charge in [0, 0.05) is 42.9 Å². The summed E-state index contributed by atoms with van der Waals surface area (Å²) < 4.78 is 0. The van der Waals surface area contributed by atoms with Gasteiger partial charge in [-0.1, -0.05) is 0 Å². The van der Waals surface area contributed by atoms with E-state index in [1.54, 1.807) is 74.1 Å². The molecule has 19 nitrogen and oxygen atoms in total. The zero-order valence-electron chi connectivity index (χ0n) is 28.2. The van der Waals surface area contributed by atoms with E-state index in [0.29, 0.717) is 0 Å². The summed E-state index contributed by atoms with van der Waals surface area (Å²) in [6.45, 7) is 13.1. The Morgan fingerprint density at radius 2 is 1.02 bits per heavy atom. The molecule has 19 heteroatoms. The quantitative estimate of drug-likeness (QED) is 0.226. The highest BCUT2D eigenvalue weighted by atomic mass is 15.4. The van der Waals surface area contributed by atoms with E-state index in [4.69, 9.17) is 0 Å². The van der Waals surface area contributed by atoms with Crippen LogP contribution in [0.15, 0.2) is 99.1 Å². The monoisotopic (exact) mass is 663 g/mol.